The third-order valence-corrected chi connectivity index (χ3v) is 8.40. The quantitative estimate of drug-likeness (QED) is 0.409. The molecule has 0 aliphatic heterocycles. The van der Waals surface area contributed by atoms with Gasteiger partial charge in [-0.05, 0) is 57.4 Å². The second-order valence-corrected chi connectivity index (χ2v) is 10.9. The van der Waals surface area contributed by atoms with E-state index in [1.54, 1.807) is 13.8 Å². The van der Waals surface area contributed by atoms with Crippen LogP contribution in [0.2, 0.25) is 0 Å². The molecule has 0 fully saturated rings. The third kappa shape index (κ3) is 5.60. The van der Waals surface area contributed by atoms with E-state index >= 15 is 0 Å². The predicted octanol–water partition coefficient (Wildman–Crippen LogP) is 4.20. The molecule has 0 saturated heterocycles. The minimum atomic E-state index is -3.65. The highest BCUT2D eigenvalue weighted by molar-refractivity contribution is 7.89. The number of hydrogen-bond acceptors (Lipinski definition) is 6. The molecule has 1 heterocycles. The zero-order valence-corrected chi connectivity index (χ0v) is 21.2. The van der Waals surface area contributed by atoms with Crippen LogP contribution in [-0.2, 0) is 10.0 Å². The molecule has 0 spiro atoms. The van der Waals surface area contributed by atoms with Crippen molar-refractivity contribution >= 4 is 42.6 Å². The molecule has 2 aromatic carbocycles. The Kier molecular flexibility index (Phi) is 8.34. The summed E-state index contributed by atoms with van der Waals surface area (Å²) in [5.41, 5.74) is 0.279. The lowest BCUT2D eigenvalue weighted by Crippen LogP contribution is -2.33. The Morgan fingerprint density at radius 1 is 1.03 bits per heavy atom. The van der Waals surface area contributed by atoms with Crippen LogP contribution < -0.4 is 4.90 Å². The summed E-state index contributed by atoms with van der Waals surface area (Å²) < 4.78 is 55.0. The zero-order chi connectivity index (χ0) is 25.0. The molecule has 7 nitrogen and oxygen atoms in total. The van der Waals surface area contributed by atoms with Gasteiger partial charge < -0.3 is 4.90 Å². The highest BCUT2D eigenvalue weighted by Gasteiger charge is 2.25. The molecule has 0 unspecified atom stereocenters. The Bertz CT molecular complexity index is 1260. The number of amides is 1. The van der Waals surface area contributed by atoms with Crippen LogP contribution in [0.4, 0.5) is 13.9 Å². The zero-order valence-electron chi connectivity index (χ0n) is 19.6. The lowest BCUT2D eigenvalue weighted by atomic mass is 10.2. The average molecular weight is 511 g/mol. The number of benzene rings is 2. The molecule has 3 rings (SSSR count). The van der Waals surface area contributed by atoms with Crippen LogP contribution in [0.5, 0.6) is 0 Å². The molecule has 0 bridgehead atoms. The Morgan fingerprint density at radius 3 is 2.26 bits per heavy atom. The first-order valence-corrected chi connectivity index (χ1v) is 13.2. The van der Waals surface area contributed by atoms with Crippen molar-refractivity contribution in [2.75, 3.05) is 45.2 Å². The van der Waals surface area contributed by atoms with E-state index in [2.05, 4.69) is 4.98 Å². The van der Waals surface area contributed by atoms with E-state index in [0.717, 1.165) is 17.4 Å². The van der Waals surface area contributed by atoms with Gasteiger partial charge in [-0.1, -0.05) is 25.2 Å². The van der Waals surface area contributed by atoms with Crippen LogP contribution in [0.3, 0.4) is 0 Å². The Balaban J connectivity index is 1.95. The van der Waals surface area contributed by atoms with Crippen LogP contribution in [0.25, 0.3) is 10.2 Å². The van der Waals surface area contributed by atoms with Gasteiger partial charge in [0.1, 0.15) is 11.3 Å². The van der Waals surface area contributed by atoms with E-state index in [0.29, 0.717) is 37.3 Å². The molecule has 0 atom stereocenters. The number of hydrogen-bond donors (Lipinski definition) is 0. The predicted molar refractivity (Wildman–Crippen MR) is 131 cm³/mol. The fraction of sp³-hybridized carbons (Fsp3) is 0.391. The Labute approximate surface area is 202 Å². The molecular weight excluding hydrogens is 482 g/mol. The van der Waals surface area contributed by atoms with E-state index in [1.165, 1.54) is 39.5 Å². The SMILES string of the molecule is CCN(CC)S(=O)(=O)c1ccc(C(=O)N(CCCN(C)C)c2nc3c(F)cc(F)cc3s2)cc1. The lowest BCUT2D eigenvalue weighted by molar-refractivity contribution is 0.0986. The summed E-state index contributed by atoms with van der Waals surface area (Å²) in [6.45, 7) is 5.22. The van der Waals surface area contributed by atoms with Crippen LogP contribution in [0, 0.1) is 11.6 Å². The first-order valence-electron chi connectivity index (χ1n) is 10.9. The molecule has 0 aliphatic rings. The Morgan fingerprint density at radius 2 is 1.68 bits per heavy atom. The monoisotopic (exact) mass is 510 g/mol. The van der Waals surface area contributed by atoms with Gasteiger partial charge in [-0.3, -0.25) is 9.69 Å². The normalized spacial score (nSPS) is 12.1. The van der Waals surface area contributed by atoms with Gasteiger partial charge in [0.05, 0.1) is 9.60 Å². The number of sulfonamides is 1. The van der Waals surface area contributed by atoms with E-state index in [-0.39, 0.29) is 21.1 Å². The number of halogens is 2. The van der Waals surface area contributed by atoms with Gasteiger partial charge in [-0.15, -0.1) is 0 Å². The number of nitrogens with zero attached hydrogens (tertiary/aromatic N) is 4. The average Bonchev–Trinajstić information content (AvgIpc) is 3.21. The second-order valence-electron chi connectivity index (χ2n) is 7.96. The summed E-state index contributed by atoms with van der Waals surface area (Å²) in [5, 5.41) is 0.253. The van der Waals surface area contributed by atoms with Gasteiger partial charge in [0.25, 0.3) is 5.91 Å². The van der Waals surface area contributed by atoms with Crippen molar-refractivity contribution in [2.45, 2.75) is 25.2 Å². The van der Waals surface area contributed by atoms with Gasteiger partial charge in [-0.25, -0.2) is 22.2 Å². The Hall–Kier alpha value is -2.47. The number of aromatic nitrogens is 1. The van der Waals surface area contributed by atoms with Crippen molar-refractivity contribution in [2.24, 2.45) is 0 Å². The summed E-state index contributed by atoms with van der Waals surface area (Å²) in [5.74, 6) is -1.90. The van der Waals surface area contributed by atoms with Gasteiger partial charge in [-0.2, -0.15) is 4.31 Å². The summed E-state index contributed by atoms with van der Waals surface area (Å²) >= 11 is 1.03. The minimum absolute atomic E-state index is 0.00692. The van der Waals surface area contributed by atoms with E-state index < -0.39 is 27.6 Å². The second kappa shape index (κ2) is 10.9. The number of rotatable bonds is 10. The molecule has 0 radical (unpaired) electrons. The molecule has 0 saturated carbocycles. The summed E-state index contributed by atoms with van der Waals surface area (Å²) in [6, 6.07) is 7.70. The standard InChI is InChI=1S/C23H28F2N4O3S2/c1-5-28(6-2)34(31,32)18-10-8-16(9-11-18)22(30)29(13-7-12-27(3)4)23-26-21-19(25)14-17(24)15-20(21)33-23/h8-11,14-15H,5-7,12-13H2,1-4H3. The molecular formula is C23H28F2N4O3S2. The largest absolute Gasteiger partial charge is 0.309 e. The highest BCUT2D eigenvalue weighted by Crippen LogP contribution is 2.32. The molecule has 1 amide bonds. The van der Waals surface area contributed by atoms with Gasteiger partial charge >= 0.3 is 0 Å². The summed E-state index contributed by atoms with van der Waals surface area (Å²) in [4.78, 5) is 21.2. The smallest absolute Gasteiger partial charge is 0.260 e. The fourth-order valence-corrected chi connectivity index (χ4v) is 6.02. The summed E-state index contributed by atoms with van der Waals surface area (Å²) in [6.07, 6.45) is 0.625. The van der Waals surface area contributed by atoms with Crippen molar-refractivity contribution in [3.63, 3.8) is 0 Å². The molecule has 11 heteroatoms. The third-order valence-electron chi connectivity index (χ3n) is 5.31. The molecule has 184 valence electrons. The number of anilines is 1. The number of thiazole rings is 1. The number of carbonyl (C=O) groups is 1. The van der Waals surface area contributed by atoms with Crippen molar-refractivity contribution in [3.8, 4) is 0 Å². The minimum Gasteiger partial charge on any atom is -0.309 e. The number of fused-ring (bicyclic) bond motifs is 1. The molecule has 1 aromatic heterocycles. The highest BCUT2D eigenvalue weighted by atomic mass is 32.2. The van der Waals surface area contributed by atoms with E-state index in [1.807, 2.05) is 19.0 Å². The fourth-order valence-electron chi connectivity index (χ4n) is 3.53. The van der Waals surface area contributed by atoms with Crippen molar-refractivity contribution in [3.05, 3.63) is 53.6 Å². The topological polar surface area (TPSA) is 73.8 Å². The van der Waals surface area contributed by atoms with Crippen molar-refractivity contribution in [1.82, 2.24) is 14.2 Å². The van der Waals surface area contributed by atoms with Gasteiger partial charge in [0.15, 0.2) is 10.9 Å². The molecule has 34 heavy (non-hydrogen) atoms. The first-order chi connectivity index (χ1) is 16.1. The van der Waals surface area contributed by atoms with Crippen LogP contribution in [0.15, 0.2) is 41.3 Å². The van der Waals surface area contributed by atoms with E-state index in [4.69, 9.17) is 0 Å². The maximum absolute atomic E-state index is 14.2. The maximum atomic E-state index is 14.2. The van der Waals surface area contributed by atoms with Gasteiger partial charge in [0, 0.05) is 31.3 Å². The van der Waals surface area contributed by atoms with Crippen LogP contribution in [-0.4, -0.2) is 68.8 Å². The van der Waals surface area contributed by atoms with Crippen molar-refractivity contribution < 1.29 is 22.0 Å². The molecule has 0 aliphatic carbocycles. The molecule has 3 aromatic rings. The summed E-state index contributed by atoms with van der Waals surface area (Å²) in [7, 11) is 0.177. The van der Waals surface area contributed by atoms with Crippen LogP contribution in [0.1, 0.15) is 30.6 Å². The molecule has 0 N–H and O–H groups in total. The van der Waals surface area contributed by atoms with Crippen LogP contribution >= 0.6 is 11.3 Å². The van der Waals surface area contributed by atoms with Gasteiger partial charge in [0.2, 0.25) is 10.0 Å². The number of carbonyl (C=O) groups excluding carboxylic acids is 1. The van der Waals surface area contributed by atoms with Crippen molar-refractivity contribution in [1.29, 1.82) is 0 Å². The first kappa shape index (κ1) is 26.1. The lowest BCUT2D eigenvalue weighted by Gasteiger charge is -2.22. The maximum Gasteiger partial charge on any atom is 0.260 e. The van der Waals surface area contributed by atoms with E-state index in [9.17, 15) is 22.0 Å².